The lowest BCUT2D eigenvalue weighted by molar-refractivity contribution is -0.141. The predicted molar refractivity (Wildman–Crippen MR) is 148 cm³/mol. The minimum Gasteiger partial charge on any atom is -0.454 e. The fourth-order valence-corrected chi connectivity index (χ4v) is 5.35. The first-order valence-electron chi connectivity index (χ1n) is 12.9. The Balaban J connectivity index is 1.73. The summed E-state index contributed by atoms with van der Waals surface area (Å²) in [6, 6.07) is 14.2. The first-order chi connectivity index (χ1) is 17.9. The van der Waals surface area contributed by atoms with Gasteiger partial charge in [-0.25, -0.2) is 8.42 Å². The molecule has 38 heavy (non-hydrogen) atoms. The molecule has 208 valence electrons. The van der Waals surface area contributed by atoms with Gasteiger partial charge in [-0.3, -0.25) is 13.9 Å². The second kappa shape index (κ2) is 12.5. The number of benzene rings is 2. The molecule has 0 spiro atoms. The van der Waals surface area contributed by atoms with Crippen molar-refractivity contribution in [3.05, 3.63) is 54.1 Å². The summed E-state index contributed by atoms with van der Waals surface area (Å²) < 4.78 is 37.1. The van der Waals surface area contributed by atoms with E-state index in [1.165, 1.54) is 4.31 Å². The standard InChI is InChI=1S/C28H39N3O6S/c1-6-23(27(33)29-28(2,3)4)30(18-16-21-11-8-7-9-12-21)26(32)13-10-17-31(38(5,34)35)22-14-15-24-25(19-22)37-20-36-24/h7-9,11-12,14-15,19,23H,6,10,13,16-18,20H2,1-5H3,(H,29,33)/t23-/m0/s1. The van der Waals surface area contributed by atoms with Crippen LogP contribution in [0.2, 0.25) is 0 Å². The molecule has 3 rings (SSSR count). The number of hydrogen-bond acceptors (Lipinski definition) is 6. The van der Waals surface area contributed by atoms with Gasteiger partial charge in [0.05, 0.1) is 11.9 Å². The van der Waals surface area contributed by atoms with Gasteiger partial charge in [-0.15, -0.1) is 0 Å². The fourth-order valence-electron chi connectivity index (χ4n) is 4.39. The van der Waals surface area contributed by atoms with E-state index in [-0.39, 0.29) is 31.6 Å². The average molecular weight is 546 g/mol. The summed E-state index contributed by atoms with van der Waals surface area (Å²) in [6.07, 6.45) is 2.60. The molecule has 0 radical (unpaired) electrons. The molecular formula is C28H39N3O6S. The van der Waals surface area contributed by atoms with Crippen LogP contribution in [0.3, 0.4) is 0 Å². The third kappa shape index (κ3) is 8.11. The van der Waals surface area contributed by atoms with Crippen LogP contribution in [0.15, 0.2) is 48.5 Å². The van der Waals surface area contributed by atoms with E-state index in [2.05, 4.69) is 5.32 Å². The van der Waals surface area contributed by atoms with E-state index < -0.39 is 21.6 Å². The number of nitrogens with zero attached hydrogens (tertiary/aromatic N) is 2. The minimum absolute atomic E-state index is 0.0896. The SMILES string of the molecule is CC[C@@H](C(=O)NC(C)(C)C)N(CCc1ccccc1)C(=O)CCCN(c1ccc2c(c1)OCO2)S(C)(=O)=O. The fraction of sp³-hybridized carbons (Fsp3) is 0.500. The minimum atomic E-state index is -3.61. The second-order valence-electron chi connectivity index (χ2n) is 10.5. The van der Waals surface area contributed by atoms with Crippen LogP contribution in [-0.4, -0.2) is 62.9 Å². The highest BCUT2D eigenvalue weighted by atomic mass is 32.2. The van der Waals surface area contributed by atoms with Crippen molar-refractivity contribution in [1.29, 1.82) is 0 Å². The molecule has 0 fully saturated rings. The van der Waals surface area contributed by atoms with Gasteiger partial charge in [0.2, 0.25) is 28.6 Å². The first-order valence-corrected chi connectivity index (χ1v) is 14.8. The topological polar surface area (TPSA) is 105 Å². The summed E-state index contributed by atoms with van der Waals surface area (Å²) in [5.41, 5.74) is 1.09. The summed E-state index contributed by atoms with van der Waals surface area (Å²) in [5.74, 6) is 0.663. The van der Waals surface area contributed by atoms with Crippen LogP contribution >= 0.6 is 0 Å². The van der Waals surface area contributed by atoms with Crippen molar-refractivity contribution in [2.75, 3.05) is 30.4 Å². The zero-order chi connectivity index (χ0) is 27.9. The van der Waals surface area contributed by atoms with Crippen molar-refractivity contribution in [3.8, 4) is 11.5 Å². The van der Waals surface area contributed by atoms with E-state index >= 15 is 0 Å². The van der Waals surface area contributed by atoms with Crippen molar-refractivity contribution < 1.29 is 27.5 Å². The smallest absolute Gasteiger partial charge is 0.243 e. The molecule has 2 aromatic rings. The Kier molecular flexibility index (Phi) is 9.65. The van der Waals surface area contributed by atoms with Gasteiger partial charge in [0.15, 0.2) is 11.5 Å². The number of carbonyl (C=O) groups excluding carboxylic acids is 2. The molecule has 1 N–H and O–H groups in total. The molecule has 0 aliphatic carbocycles. The molecule has 0 unspecified atom stereocenters. The summed E-state index contributed by atoms with van der Waals surface area (Å²) in [6.45, 7) is 8.20. The Morgan fingerprint density at radius 1 is 1.03 bits per heavy atom. The molecule has 1 heterocycles. The maximum atomic E-state index is 13.5. The molecule has 0 saturated heterocycles. The van der Waals surface area contributed by atoms with E-state index in [4.69, 9.17) is 9.47 Å². The molecule has 0 bridgehead atoms. The van der Waals surface area contributed by atoms with Gasteiger partial charge in [-0.2, -0.15) is 0 Å². The number of sulfonamides is 1. The van der Waals surface area contributed by atoms with E-state index in [1.54, 1.807) is 23.1 Å². The highest BCUT2D eigenvalue weighted by Crippen LogP contribution is 2.36. The van der Waals surface area contributed by atoms with Crippen LogP contribution in [0.4, 0.5) is 5.69 Å². The Hall–Kier alpha value is -3.27. The van der Waals surface area contributed by atoms with Crippen molar-refractivity contribution in [1.82, 2.24) is 10.2 Å². The third-order valence-electron chi connectivity index (χ3n) is 6.16. The molecule has 0 aromatic heterocycles. The number of hydrogen-bond donors (Lipinski definition) is 1. The number of carbonyl (C=O) groups is 2. The van der Waals surface area contributed by atoms with Crippen molar-refractivity contribution >= 4 is 27.5 Å². The van der Waals surface area contributed by atoms with Crippen molar-refractivity contribution in [2.45, 2.75) is 65.0 Å². The lowest BCUT2D eigenvalue weighted by Gasteiger charge is -2.33. The maximum Gasteiger partial charge on any atom is 0.243 e. The number of nitrogens with one attached hydrogen (secondary N) is 1. The molecule has 9 nitrogen and oxygen atoms in total. The van der Waals surface area contributed by atoms with E-state index in [9.17, 15) is 18.0 Å². The van der Waals surface area contributed by atoms with Gasteiger partial charge < -0.3 is 19.7 Å². The second-order valence-corrected chi connectivity index (χ2v) is 12.4. The van der Waals surface area contributed by atoms with Crippen molar-refractivity contribution in [3.63, 3.8) is 0 Å². The summed E-state index contributed by atoms with van der Waals surface area (Å²) in [5, 5.41) is 3.00. The number of rotatable bonds is 12. The average Bonchev–Trinajstić information content (AvgIpc) is 3.31. The highest BCUT2D eigenvalue weighted by Gasteiger charge is 2.30. The van der Waals surface area contributed by atoms with Crippen LogP contribution in [0.25, 0.3) is 0 Å². The van der Waals surface area contributed by atoms with Gasteiger partial charge >= 0.3 is 0 Å². The monoisotopic (exact) mass is 545 g/mol. The predicted octanol–water partition coefficient (Wildman–Crippen LogP) is 3.73. The zero-order valence-corrected chi connectivity index (χ0v) is 23.7. The quantitative estimate of drug-likeness (QED) is 0.436. The van der Waals surface area contributed by atoms with E-state index in [1.807, 2.05) is 58.0 Å². The number of ether oxygens (including phenoxy) is 2. The largest absolute Gasteiger partial charge is 0.454 e. The van der Waals surface area contributed by atoms with E-state index in [0.717, 1.165) is 11.8 Å². The first kappa shape index (κ1) is 29.3. The lowest BCUT2D eigenvalue weighted by atomic mass is 10.0. The summed E-state index contributed by atoms with van der Waals surface area (Å²) in [4.78, 5) is 28.3. The third-order valence-corrected chi connectivity index (χ3v) is 7.36. The Morgan fingerprint density at radius 2 is 1.71 bits per heavy atom. The number of fused-ring (bicyclic) bond motifs is 1. The lowest BCUT2D eigenvalue weighted by Crippen LogP contribution is -2.54. The van der Waals surface area contributed by atoms with Gasteiger partial charge in [0.25, 0.3) is 0 Å². The molecule has 2 amide bonds. The summed E-state index contributed by atoms with van der Waals surface area (Å²) in [7, 11) is -3.61. The number of anilines is 1. The molecule has 2 aromatic carbocycles. The van der Waals surface area contributed by atoms with E-state index in [0.29, 0.717) is 43.0 Å². The Labute approximate surface area is 226 Å². The maximum absolute atomic E-state index is 13.5. The van der Waals surface area contributed by atoms with Crippen LogP contribution in [0, 0.1) is 0 Å². The van der Waals surface area contributed by atoms with Crippen LogP contribution < -0.4 is 19.1 Å². The highest BCUT2D eigenvalue weighted by molar-refractivity contribution is 7.92. The molecular weight excluding hydrogens is 506 g/mol. The van der Waals surface area contributed by atoms with Gasteiger partial charge in [-0.05, 0) is 57.7 Å². The van der Waals surface area contributed by atoms with Crippen LogP contribution in [0.5, 0.6) is 11.5 Å². The molecule has 1 aliphatic rings. The summed E-state index contributed by atoms with van der Waals surface area (Å²) >= 11 is 0. The molecule has 1 aliphatic heterocycles. The molecule has 1 atom stereocenters. The molecule has 0 saturated carbocycles. The zero-order valence-electron chi connectivity index (χ0n) is 22.9. The van der Waals surface area contributed by atoms with Crippen molar-refractivity contribution in [2.24, 2.45) is 0 Å². The van der Waals surface area contributed by atoms with Crippen LogP contribution in [0.1, 0.15) is 52.5 Å². The van der Waals surface area contributed by atoms with Crippen LogP contribution in [-0.2, 0) is 26.0 Å². The van der Waals surface area contributed by atoms with Gasteiger partial charge in [0, 0.05) is 31.1 Å². The number of amides is 2. The Bertz CT molecular complexity index is 1210. The van der Waals surface area contributed by atoms with Gasteiger partial charge in [0.1, 0.15) is 6.04 Å². The Morgan fingerprint density at radius 3 is 2.34 bits per heavy atom. The van der Waals surface area contributed by atoms with Gasteiger partial charge in [-0.1, -0.05) is 37.3 Å². The molecule has 10 heteroatoms. The normalized spacial score (nSPS) is 13.6.